The van der Waals surface area contributed by atoms with E-state index in [-0.39, 0.29) is 28.9 Å². The summed E-state index contributed by atoms with van der Waals surface area (Å²) >= 11 is 0. The van der Waals surface area contributed by atoms with Crippen molar-refractivity contribution in [3.63, 3.8) is 0 Å². The monoisotopic (exact) mass is 376 g/mol. The number of carbonyl (C=O) groups excluding carboxylic acids is 1. The highest BCUT2D eigenvalue weighted by Gasteiger charge is 2.35. The van der Waals surface area contributed by atoms with E-state index >= 15 is 0 Å². The average Bonchev–Trinajstić information content (AvgIpc) is 2.57. The number of rotatable bonds is 6. The minimum absolute atomic E-state index is 0.162. The van der Waals surface area contributed by atoms with Crippen LogP contribution in [0, 0.1) is 5.92 Å². The van der Waals surface area contributed by atoms with E-state index in [0.717, 1.165) is 0 Å². The quantitative estimate of drug-likeness (QED) is 0.722. The Morgan fingerprint density at radius 1 is 1.19 bits per heavy atom. The summed E-state index contributed by atoms with van der Waals surface area (Å²) in [5, 5.41) is 13.5. The van der Waals surface area contributed by atoms with Crippen LogP contribution in [-0.2, 0) is 14.8 Å². The van der Waals surface area contributed by atoms with Gasteiger partial charge in [-0.25, -0.2) is 13.1 Å². The minimum atomic E-state index is -3.73. The molecular formula is C19H24N2O4S. The number of anilines is 1. The molecule has 6 nitrogen and oxygen atoms in total. The van der Waals surface area contributed by atoms with Gasteiger partial charge in [0.1, 0.15) is 0 Å². The van der Waals surface area contributed by atoms with E-state index in [0.29, 0.717) is 35.7 Å². The first-order valence-electron chi connectivity index (χ1n) is 8.81. The van der Waals surface area contributed by atoms with Crippen molar-refractivity contribution in [1.82, 2.24) is 4.72 Å². The molecule has 0 radical (unpaired) electrons. The van der Waals surface area contributed by atoms with Gasteiger partial charge in [-0.15, -0.1) is 0 Å². The number of aliphatic hydroxyl groups is 1. The van der Waals surface area contributed by atoms with Crippen molar-refractivity contribution in [2.45, 2.75) is 50.2 Å². The number of hydrogen-bond donors (Lipinski definition) is 3. The summed E-state index contributed by atoms with van der Waals surface area (Å²) in [5.41, 5.74) is 0.584. The normalized spacial score (nSPS) is 21.2. The lowest BCUT2D eigenvalue weighted by atomic mass is 9.77. The molecule has 1 fully saturated rings. The van der Waals surface area contributed by atoms with Gasteiger partial charge < -0.3 is 10.4 Å². The topological polar surface area (TPSA) is 95.5 Å². The second-order valence-electron chi connectivity index (χ2n) is 6.86. The second-order valence-corrected chi connectivity index (χ2v) is 8.54. The Balaban J connectivity index is 1.97. The maximum Gasteiger partial charge on any atom is 0.241 e. The Kier molecular flexibility index (Phi) is 5.32. The molecule has 0 aromatic heterocycles. The van der Waals surface area contributed by atoms with Crippen LogP contribution in [0.4, 0.5) is 5.69 Å². The van der Waals surface area contributed by atoms with Crippen molar-refractivity contribution < 1.29 is 18.3 Å². The highest BCUT2D eigenvalue weighted by atomic mass is 32.2. The zero-order chi connectivity index (χ0) is 18.9. The molecule has 140 valence electrons. The smallest absolute Gasteiger partial charge is 0.241 e. The molecule has 1 amide bonds. The van der Waals surface area contributed by atoms with Crippen molar-refractivity contribution in [2.75, 3.05) is 5.32 Å². The Hall–Kier alpha value is -1.96. The number of fused-ring (bicyclic) bond motifs is 1. The molecule has 0 spiro atoms. The summed E-state index contributed by atoms with van der Waals surface area (Å²) in [5.74, 6) is -0.0480. The highest BCUT2D eigenvalue weighted by molar-refractivity contribution is 7.89. The van der Waals surface area contributed by atoms with E-state index in [1.807, 2.05) is 13.0 Å². The Morgan fingerprint density at radius 2 is 1.85 bits per heavy atom. The number of aliphatic hydroxyl groups excluding tert-OH is 1. The molecule has 0 bridgehead atoms. The third-order valence-electron chi connectivity index (χ3n) is 4.95. The molecule has 0 heterocycles. The van der Waals surface area contributed by atoms with Crippen LogP contribution in [0.25, 0.3) is 10.8 Å². The van der Waals surface area contributed by atoms with E-state index in [1.165, 1.54) is 13.0 Å². The van der Waals surface area contributed by atoms with Crippen LogP contribution in [0.15, 0.2) is 41.3 Å². The van der Waals surface area contributed by atoms with Gasteiger partial charge in [0.05, 0.1) is 11.0 Å². The van der Waals surface area contributed by atoms with Crippen molar-refractivity contribution in [2.24, 2.45) is 5.92 Å². The predicted molar refractivity (Wildman–Crippen MR) is 101 cm³/mol. The van der Waals surface area contributed by atoms with Gasteiger partial charge in [-0.05, 0) is 37.3 Å². The van der Waals surface area contributed by atoms with Crippen LogP contribution in [0.2, 0.25) is 0 Å². The third kappa shape index (κ3) is 3.75. The molecule has 7 heteroatoms. The summed E-state index contributed by atoms with van der Waals surface area (Å²) in [6.45, 7) is 3.36. The van der Waals surface area contributed by atoms with Gasteiger partial charge in [-0.1, -0.05) is 31.2 Å². The van der Waals surface area contributed by atoms with Gasteiger partial charge in [-0.3, -0.25) is 4.79 Å². The lowest BCUT2D eigenvalue weighted by Crippen LogP contribution is -2.46. The van der Waals surface area contributed by atoms with E-state index < -0.39 is 10.0 Å². The standard InChI is InChI=1S/C19H24N2O4S/c1-3-17(13-10-14(23)11-13)21-26(24,25)19-9-8-18(20-12(2)22)15-6-4-5-7-16(15)19/h4-9,13-14,17,21,23H,3,10-11H2,1-2H3,(H,20,22)/t13?,14?,17-/m0/s1. The molecule has 1 aliphatic carbocycles. The van der Waals surface area contributed by atoms with Crippen molar-refractivity contribution in [1.29, 1.82) is 0 Å². The average molecular weight is 376 g/mol. The lowest BCUT2D eigenvalue weighted by molar-refractivity contribution is -0.114. The van der Waals surface area contributed by atoms with Crippen molar-refractivity contribution in [3.05, 3.63) is 36.4 Å². The summed E-state index contributed by atoms with van der Waals surface area (Å²) in [6, 6.07) is 10.1. The van der Waals surface area contributed by atoms with Gasteiger partial charge >= 0.3 is 0 Å². The van der Waals surface area contributed by atoms with Crippen LogP contribution >= 0.6 is 0 Å². The van der Waals surface area contributed by atoms with Gasteiger partial charge in [0.25, 0.3) is 0 Å². The molecule has 3 N–H and O–H groups in total. The maximum atomic E-state index is 13.0. The van der Waals surface area contributed by atoms with Crippen LogP contribution in [0.1, 0.15) is 33.1 Å². The molecule has 0 aliphatic heterocycles. The van der Waals surface area contributed by atoms with Crippen LogP contribution < -0.4 is 10.0 Å². The second kappa shape index (κ2) is 7.34. The minimum Gasteiger partial charge on any atom is -0.393 e. The molecule has 1 atom stereocenters. The van der Waals surface area contributed by atoms with Crippen LogP contribution in [-0.4, -0.2) is 31.6 Å². The highest BCUT2D eigenvalue weighted by Crippen LogP contribution is 2.34. The first-order chi connectivity index (χ1) is 12.3. The molecule has 0 saturated heterocycles. The lowest BCUT2D eigenvalue weighted by Gasteiger charge is -2.37. The number of hydrogen-bond acceptors (Lipinski definition) is 4. The van der Waals surface area contributed by atoms with Crippen molar-refractivity contribution >= 4 is 32.4 Å². The van der Waals surface area contributed by atoms with Gasteiger partial charge in [0, 0.05) is 29.4 Å². The van der Waals surface area contributed by atoms with Gasteiger partial charge in [0.15, 0.2) is 0 Å². The van der Waals surface area contributed by atoms with Crippen LogP contribution in [0.3, 0.4) is 0 Å². The summed E-state index contributed by atoms with van der Waals surface area (Å²) in [6.07, 6.45) is 1.60. The third-order valence-corrected chi connectivity index (χ3v) is 6.50. The summed E-state index contributed by atoms with van der Waals surface area (Å²) < 4.78 is 28.8. The Labute approximate surface area is 153 Å². The fraction of sp³-hybridized carbons (Fsp3) is 0.421. The fourth-order valence-corrected chi connectivity index (χ4v) is 5.14. The van der Waals surface area contributed by atoms with E-state index in [1.54, 1.807) is 24.3 Å². The Bertz CT molecular complexity index is 920. The molecule has 1 saturated carbocycles. The number of nitrogens with one attached hydrogen (secondary N) is 2. The first-order valence-corrected chi connectivity index (χ1v) is 10.3. The van der Waals surface area contributed by atoms with Crippen molar-refractivity contribution in [3.8, 4) is 0 Å². The van der Waals surface area contributed by atoms with E-state index in [9.17, 15) is 18.3 Å². The zero-order valence-electron chi connectivity index (χ0n) is 14.9. The number of amides is 1. The van der Waals surface area contributed by atoms with Gasteiger partial charge in [-0.2, -0.15) is 0 Å². The summed E-state index contributed by atoms with van der Waals surface area (Å²) in [4.78, 5) is 11.6. The molecule has 3 rings (SSSR count). The molecule has 2 aromatic carbocycles. The number of carbonyl (C=O) groups is 1. The SMILES string of the molecule is CC[C@H](NS(=O)(=O)c1ccc(NC(C)=O)c2ccccc12)C1CC(O)C1. The van der Waals surface area contributed by atoms with Crippen LogP contribution in [0.5, 0.6) is 0 Å². The predicted octanol–water partition coefficient (Wildman–Crippen LogP) is 2.63. The first kappa shape index (κ1) is 18.8. The summed E-state index contributed by atoms with van der Waals surface area (Å²) in [7, 11) is -3.73. The Morgan fingerprint density at radius 3 is 2.42 bits per heavy atom. The van der Waals surface area contributed by atoms with Gasteiger partial charge in [0.2, 0.25) is 15.9 Å². The zero-order valence-corrected chi connectivity index (χ0v) is 15.7. The van der Waals surface area contributed by atoms with E-state index in [4.69, 9.17) is 0 Å². The van der Waals surface area contributed by atoms with E-state index in [2.05, 4.69) is 10.0 Å². The molecule has 2 aromatic rings. The number of benzene rings is 2. The number of sulfonamides is 1. The maximum absolute atomic E-state index is 13.0. The fourth-order valence-electron chi connectivity index (χ4n) is 3.54. The molecule has 26 heavy (non-hydrogen) atoms. The molecular weight excluding hydrogens is 352 g/mol. The molecule has 0 unspecified atom stereocenters. The largest absolute Gasteiger partial charge is 0.393 e. The molecule has 1 aliphatic rings.